The van der Waals surface area contributed by atoms with Crippen LogP contribution >= 0.6 is 0 Å². The molecule has 0 heterocycles. The van der Waals surface area contributed by atoms with Gasteiger partial charge in [-0.2, -0.15) is 13.2 Å². The van der Waals surface area contributed by atoms with E-state index in [-0.39, 0.29) is 5.41 Å². The molecular weight excluding hydrogens is 357 g/mol. The quantitative estimate of drug-likeness (QED) is 0.446. The number of alkyl halides is 3. The minimum Gasteiger partial charge on any atom is -0.171 e. The van der Waals surface area contributed by atoms with Crippen molar-refractivity contribution in [2.45, 2.75) is 110 Å². The van der Waals surface area contributed by atoms with Crippen molar-refractivity contribution >= 4 is 0 Å². The van der Waals surface area contributed by atoms with Crippen LogP contribution in [0.25, 0.3) is 0 Å². The third-order valence-corrected chi connectivity index (χ3v) is 10.4. The van der Waals surface area contributed by atoms with Gasteiger partial charge >= 0.3 is 6.18 Å². The number of fused-ring (bicyclic) bond motifs is 5. The fraction of sp³-hybridized carbons (Fsp3) is 1.00. The Morgan fingerprint density at radius 2 is 1.54 bits per heavy atom. The summed E-state index contributed by atoms with van der Waals surface area (Å²) in [5, 5.41) is 0. The monoisotopic (exact) mass is 398 g/mol. The minimum absolute atomic E-state index is 0.176. The van der Waals surface area contributed by atoms with E-state index in [1.54, 1.807) is 0 Å². The molecule has 0 aliphatic heterocycles. The number of halogens is 3. The molecule has 3 heteroatoms. The highest BCUT2D eigenvalue weighted by Crippen LogP contribution is 2.68. The molecule has 162 valence electrons. The van der Waals surface area contributed by atoms with Gasteiger partial charge in [0.05, 0.1) is 0 Å². The maximum atomic E-state index is 12.8. The molecule has 4 saturated carbocycles. The Labute approximate surface area is 170 Å². The molecular formula is C25H41F3. The van der Waals surface area contributed by atoms with Crippen LogP contribution < -0.4 is 0 Å². The van der Waals surface area contributed by atoms with Gasteiger partial charge in [0, 0.05) is 6.42 Å². The Hall–Kier alpha value is -0.210. The van der Waals surface area contributed by atoms with Crippen LogP contribution in [0.5, 0.6) is 0 Å². The van der Waals surface area contributed by atoms with E-state index < -0.39 is 12.6 Å². The van der Waals surface area contributed by atoms with Gasteiger partial charge in [-0.25, -0.2) is 0 Å². The highest BCUT2D eigenvalue weighted by atomic mass is 19.4. The molecule has 4 rings (SSSR count). The standard InChI is InChI=1S/C25H41F3/c1-4-5-17-10-13-24(3)19(16-17)6-8-20-21-9-7-18(11-15-25(26,27)28)23(21,2)14-12-22(20)24/h17-22H,4-16H2,1-3H3. The topological polar surface area (TPSA) is 0 Å². The van der Waals surface area contributed by atoms with E-state index in [4.69, 9.17) is 0 Å². The normalized spacial score (nSPS) is 48.6. The van der Waals surface area contributed by atoms with Crippen LogP contribution in [-0.4, -0.2) is 6.18 Å². The summed E-state index contributed by atoms with van der Waals surface area (Å²) in [6, 6.07) is 0. The summed E-state index contributed by atoms with van der Waals surface area (Å²) in [4.78, 5) is 0. The average molecular weight is 399 g/mol. The zero-order valence-electron chi connectivity index (χ0n) is 18.3. The van der Waals surface area contributed by atoms with Crippen LogP contribution in [0.3, 0.4) is 0 Å². The Balaban J connectivity index is 1.47. The van der Waals surface area contributed by atoms with Crippen LogP contribution in [0, 0.1) is 46.3 Å². The van der Waals surface area contributed by atoms with E-state index in [0.717, 1.165) is 30.1 Å². The van der Waals surface area contributed by atoms with Gasteiger partial charge in [0.1, 0.15) is 0 Å². The molecule has 8 unspecified atom stereocenters. The predicted octanol–water partition coefficient (Wildman–Crippen LogP) is 8.40. The van der Waals surface area contributed by atoms with Crippen LogP contribution in [0.4, 0.5) is 13.2 Å². The molecule has 4 aliphatic carbocycles. The first-order chi connectivity index (χ1) is 13.2. The molecule has 0 nitrogen and oxygen atoms in total. The van der Waals surface area contributed by atoms with Crippen molar-refractivity contribution in [1.82, 2.24) is 0 Å². The molecule has 0 aromatic carbocycles. The van der Waals surface area contributed by atoms with Gasteiger partial charge in [-0.1, -0.05) is 33.6 Å². The van der Waals surface area contributed by atoms with E-state index in [1.807, 2.05) is 0 Å². The number of rotatable bonds is 4. The predicted molar refractivity (Wildman–Crippen MR) is 109 cm³/mol. The van der Waals surface area contributed by atoms with E-state index in [1.165, 1.54) is 64.2 Å². The summed E-state index contributed by atoms with van der Waals surface area (Å²) >= 11 is 0. The first-order valence-corrected chi connectivity index (χ1v) is 12.2. The lowest BCUT2D eigenvalue weighted by atomic mass is 9.44. The Bertz CT molecular complexity index is 554. The summed E-state index contributed by atoms with van der Waals surface area (Å²) in [5.74, 6) is 4.48. The van der Waals surface area contributed by atoms with Crippen molar-refractivity contribution < 1.29 is 13.2 Å². The number of hydrogen-bond acceptors (Lipinski definition) is 0. The molecule has 0 saturated heterocycles. The fourth-order valence-corrected chi connectivity index (χ4v) is 8.94. The smallest absolute Gasteiger partial charge is 0.171 e. The second-order valence-corrected chi connectivity index (χ2v) is 11.6. The molecule has 0 spiro atoms. The van der Waals surface area contributed by atoms with Crippen molar-refractivity contribution in [3.63, 3.8) is 0 Å². The molecule has 8 atom stereocenters. The number of hydrogen-bond donors (Lipinski definition) is 0. The lowest BCUT2D eigenvalue weighted by molar-refractivity contribution is -0.144. The molecule has 4 aliphatic rings. The SMILES string of the molecule is CCCC1CCC2(C)C(CCC3C4CCC(CCC(F)(F)F)C4(C)CCC32)C1. The Morgan fingerprint density at radius 3 is 2.25 bits per heavy atom. The van der Waals surface area contributed by atoms with E-state index >= 15 is 0 Å². The maximum Gasteiger partial charge on any atom is 0.389 e. The summed E-state index contributed by atoms with van der Waals surface area (Å²) in [6.07, 6.45) is 10.2. The minimum atomic E-state index is -3.99. The molecule has 0 amide bonds. The van der Waals surface area contributed by atoms with Gasteiger partial charge in [-0.3, -0.25) is 0 Å². The van der Waals surface area contributed by atoms with Crippen LogP contribution in [-0.2, 0) is 0 Å². The van der Waals surface area contributed by atoms with E-state index in [2.05, 4.69) is 20.8 Å². The van der Waals surface area contributed by atoms with Gasteiger partial charge in [0.2, 0.25) is 0 Å². The highest BCUT2D eigenvalue weighted by molar-refractivity contribution is 5.09. The van der Waals surface area contributed by atoms with Gasteiger partial charge in [0.25, 0.3) is 0 Å². The van der Waals surface area contributed by atoms with Gasteiger partial charge in [-0.15, -0.1) is 0 Å². The molecule has 0 aromatic rings. The first-order valence-electron chi connectivity index (χ1n) is 12.2. The molecule has 28 heavy (non-hydrogen) atoms. The third kappa shape index (κ3) is 3.55. The molecule has 0 bridgehead atoms. The van der Waals surface area contributed by atoms with Crippen LogP contribution in [0.1, 0.15) is 104 Å². The van der Waals surface area contributed by atoms with Gasteiger partial charge < -0.3 is 0 Å². The zero-order valence-corrected chi connectivity index (χ0v) is 18.3. The second kappa shape index (κ2) is 7.49. The summed E-state index contributed by atoms with van der Waals surface area (Å²) in [5.41, 5.74) is 0.688. The zero-order chi connectivity index (χ0) is 20.2. The summed E-state index contributed by atoms with van der Waals surface area (Å²) < 4.78 is 38.5. The summed E-state index contributed by atoms with van der Waals surface area (Å²) in [6.45, 7) is 7.30. The first kappa shape index (κ1) is 21.0. The highest BCUT2D eigenvalue weighted by Gasteiger charge is 2.60. The van der Waals surface area contributed by atoms with E-state index in [0.29, 0.717) is 23.7 Å². The van der Waals surface area contributed by atoms with Crippen LogP contribution in [0.2, 0.25) is 0 Å². The van der Waals surface area contributed by atoms with E-state index in [9.17, 15) is 13.2 Å². The molecule has 0 radical (unpaired) electrons. The summed E-state index contributed by atoms with van der Waals surface area (Å²) in [7, 11) is 0. The lowest BCUT2D eigenvalue weighted by Crippen LogP contribution is -2.53. The molecule has 0 N–H and O–H groups in total. The van der Waals surface area contributed by atoms with Gasteiger partial charge in [0.15, 0.2) is 0 Å². The largest absolute Gasteiger partial charge is 0.389 e. The van der Waals surface area contributed by atoms with Gasteiger partial charge in [-0.05, 0) is 111 Å². The Kier molecular flexibility index (Phi) is 5.62. The Morgan fingerprint density at radius 1 is 0.821 bits per heavy atom. The van der Waals surface area contributed by atoms with Crippen molar-refractivity contribution in [3.8, 4) is 0 Å². The third-order valence-electron chi connectivity index (χ3n) is 10.4. The van der Waals surface area contributed by atoms with Crippen molar-refractivity contribution in [1.29, 1.82) is 0 Å². The maximum absolute atomic E-state index is 12.8. The van der Waals surface area contributed by atoms with Crippen molar-refractivity contribution in [2.24, 2.45) is 46.3 Å². The molecule has 0 aromatic heterocycles. The van der Waals surface area contributed by atoms with Crippen molar-refractivity contribution in [2.75, 3.05) is 0 Å². The van der Waals surface area contributed by atoms with Crippen LogP contribution in [0.15, 0.2) is 0 Å². The second-order valence-electron chi connectivity index (χ2n) is 11.6. The van der Waals surface area contributed by atoms with Crippen molar-refractivity contribution in [3.05, 3.63) is 0 Å². The fourth-order valence-electron chi connectivity index (χ4n) is 8.94. The lowest BCUT2D eigenvalue weighted by Gasteiger charge is -2.61. The molecule has 4 fully saturated rings. The average Bonchev–Trinajstić information content (AvgIpc) is 2.96.